The Hall–Kier alpha value is -3.77. The van der Waals surface area contributed by atoms with Crippen molar-refractivity contribution >= 4 is 34.0 Å². The minimum atomic E-state index is -0.634. The molecule has 5 rings (SSSR count). The lowest BCUT2D eigenvalue weighted by Gasteiger charge is -2.27. The Bertz CT molecular complexity index is 1710. The van der Waals surface area contributed by atoms with Crippen molar-refractivity contribution < 1.29 is 9.53 Å². The Kier molecular flexibility index (Phi) is 6.22. The average Bonchev–Trinajstić information content (AvgIpc) is 3.16. The van der Waals surface area contributed by atoms with Crippen molar-refractivity contribution in [2.75, 3.05) is 7.11 Å². The van der Waals surface area contributed by atoms with Crippen LogP contribution in [0.25, 0.3) is 16.8 Å². The molecule has 2 heterocycles. The van der Waals surface area contributed by atoms with Gasteiger partial charge in [-0.05, 0) is 53.8 Å². The van der Waals surface area contributed by atoms with Crippen LogP contribution in [0.1, 0.15) is 56.3 Å². The summed E-state index contributed by atoms with van der Waals surface area (Å²) in [6.07, 6.45) is 1.90. The third-order valence-electron chi connectivity index (χ3n) is 6.73. The summed E-state index contributed by atoms with van der Waals surface area (Å²) in [5.74, 6) is 0.953. The average molecular weight is 497 g/mol. The predicted octanol–water partition coefficient (Wildman–Crippen LogP) is 5.11. The molecule has 0 spiro atoms. The number of nitrogens with zero attached hydrogens (tertiary/aromatic N) is 2. The second-order valence-corrected chi connectivity index (χ2v) is 10.4. The molecular formula is C30H28N2O3S. The summed E-state index contributed by atoms with van der Waals surface area (Å²) >= 11 is 1.34. The lowest BCUT2D eigenvalue weighted by atomic mass is 9.89. The van der Waals surface area contributed by atoms with E-state index in [1.54, 1.807) is 11.7 Å². The molecule has 1 aliphatic rings. The first-order valence-electron chi connectivity index (χ1n) is 12.0. The van der Waals surface area contributed by atoms with Crippen LogP contribution >= 0.6 is 11.3 Å². The monoisotopic (exact) mass is 496 g/mol. The number of benzene rings is 3. The Morgan fingerprint density at radius 3 is 2.47 bits per heavy atom. The Morgan fingerprint density at radius 1 is 1.08 bits per heavy atom. The maximum absolute atomic E-state index is 13.9. The van der Waals surface area contributed by atoms with Crippen LogP contribution in [0.4, 0.5) is 0 Å². The molecule has 0 N–H and O–H groups in total. The van der Waals surface area contributed by atoms with Gasteiger partial charge in [-0.1, -0.05) is 79.8 Å². The van der Waals surface area contributed by atoms with Crippen LogP contribution in [0.3, 0.4) is 0 Å². The molecule has 6 heteroatoms. The quantitative estimate of drug-likeness (QED) is 0.386. The van der Waals surface area contributed by atoms with Crippen LogP contribution in [0, 0.1) is 0 Å². The van der Waals surface area contributed by atoms with Gasteiger partial charge in [0, 0.05) is 16.8 Å². The third-order valence-corrected chi connectivity index (χ3v) is 7.71. The van der Waals surface area contributed by atoms with E-state index >= 15 is 0 Å². The molecule has 0 amide bonds. The van der Waals surface area contributed by atoms with Crippen molar-refractivity contribution in [2.24, 2.45) is 4.99 Å². The van der Waals surface area contributed by atoms with Crippen molar-refractivity contribution in [1.82, 2.24) is 4.57 Å². The number of ether oxygens (including phenoxy) is 1. The zero-order valence-corrected chi connectivity index (χ0v) is 21.8. The molecule has 36 heavy (non-hydrogen) atoms. The maximum Gasteiger partial charge on any atom is 0.271 e. The molecule has 182 valence electrons. The van der Waals surface area contributed by atoms with Gasteiger partial charge < -0.3 is 4.74 Å². The second kappa shape index (κ2) is 9.36. The van der Waals surface area contributed by atoms with E-state index in [-0.39, 0.29) is 11.3 Å². The fourth-order valence-electron chi connectivity index (χ4n) is 4.91. The van der Waals surface area contributed by atoms with Gasteiger partial charge >= 0.3 is 0 Å². The first-order valence-corrected chi connectivity index (χ1v) is 12.8. The van der Waals surface area contributed by atoms with Gasteiger partial charge in [0.05, 0.1) is 17.7 Å². The van der Waals surface area contributed by atoms with Gasteiger partial charge in [0.25, 0.3) is 5.56 Å². The zero-order chi connectivity index (χ0) is 25.6. The molecule has 0 radical (unpaired) electrons. The van der Waals surface area contributed by atoms with E-state index < -0.39 is 6.04 Å². The largest absolute Gasteiger partial charge is 0.496 e. The summed E-state index contributed by atoms with van der Waals surface area (Å²) in [7, 11) is 1.61. The lowest BCUT2D eigenvalue weighted by molar-refractivity contribution is -0.114. The van der Waals surface area contributed by atoms with Crippen molar-refractivity contribution in [3.05, 3.63) is 108 Å². The van der Waals surface area contributed by atoms with Gasteiger partial charge in [-0.3, -0.25) is 14.2 Å². The first kappa shape index (κ1) is 23.9. The molecule has 0 saturated carbocycles. The molecular weight excluding hydrogens is 468 g/mol. The number of hydrogen-bond acceptors (Lipinski definition) is 5. The number of rotatable bonds is 5. The summed E-state index contributed by atoms with van der Waals surface area (Å²) in [6, 6.07) is 19.5. The number of allylic oxidation sites excluding steroid dienone is 2. The zero-order valence-electron chi connectivity index (χ0n) is 21.0. The normalized spacial score (nSPS) is 15.8. The summed E-state index contributed by atoms with van der Waals surface area (Å²) in [5.41, 5.74) is 3.95. The number of ketones is 1. The van der Waals surface area contributed by atoms with Gasteiger partial charge in [-0.15, -0.1) is 0 Å². The minimum Gasteiger partial charge on any atom is -0.496 e. The third kappa shape index (κ3) is 4.01. The predicted molar refractivity (Wildman–Crippen MR) is 145 cm³/mol. The van der Waals surface area contributed by atoms with Crippen molar-refractivity contribution in [1.29, 1.82) is 0 Å². The highest BCUT2D eigenvalue weighted by Crippen LogP contribution is 2.40. The number of carbonyl (C=O) groups is 1. The van der Waals surface area contributed by atoms with E-state index in [4.69, 9.17) is 9.73 Å². The van der Waals surface area contributed by atoms with Gasteiger partial charge in [0.15, 0.2) is 10.6 Å². The molecule has 0 unspecified atom stereocenters. The standard InChI is InChI=1S/C30H28N2O3S/c1-17(2)21-12-10-20(11-13-21)16-25-29(34)32-28(26(19(4)33)18(3)31-30(32)36-25)27-23-9-7-6-8-22(23)14-15-24(27)35-5/h6-17,28H,1-5H3/t28-/m0/s1. The van der Waals surface area contributed by atoms with Gasteiger partial charge in [0.2, 0.25) is 0 Å². The van der Waals surface area contributed by atoms with Gasteiger partial charge in [-0.2, -0.15) is 0 Å². The van der Waals surface area contributed by atoms with Crippen LogP contribution in [-0.2, 0) is 4.79 Å². The lowest BCUT2D eigenvalue weighted by Crippen LogP contribution is -2.39. The number of methoxy groups -OCH3 is 1. The highest BCUT2D eigenvalue weighted by molar-refractivity contribution is 7.07. The van der Waals surface area contributed by atoms with E-state index in [1.165, 1.54) is 23.8 Å². The molecule has 0 fully saturated rings. The summed E-state index contributed by atoms with van der Waals surface area (Å²) in [6.45, 7) is 7.68. The van der Waals surface area contributed by atoms with E-state index in [9.17, 15) is 9.59 Å². The molecule has 3 aromatic carbocycles. The molecule has 0 bridgehead atoms. The first-order chi connectivity index (χ1) is 17.3. The van der Waals surface area contributed by atoms with Crippen LogP contribution in [-0.4, -0.2) is 17.5 Å². The van der Waals surface area contributed by atoms with Crippen LogP contribution in [0.5, 0.6) is 5.75 Å². The fraction of sp³-hybridized carbons (Fsp3) is 0.233. The van der Waals surface area contributed by atoms with Gasteiger partial charge in [0.1, 0.15) is 5.75 Å². The summed E-state index contributed by atoms with van der Waals surface area (Å²) in [4.78, 5) is 32.1. The molecule has 0 saturated heterocycles. The van der Waals surface area contributed by atoms with E-state index in [0.29, 0.717) is 32.3 Å². The number of thiazole rings is 1. The topological polar surface area (TPSA) is 60.7 Å². The SMILES string of the molecule is COc1ccc2ccccc2c1[C@@H]1C(C(C)=O)=C(C)N=c2sc(=Cc3ccc(C(C)C)cc3)c(=O)n21. The smallest absolute Gasteiger partial charge is 0.271 e. The van der Waals surface area contributed by atoms with E-state index in [2.05, 4.69) is 26.0 Å². The number of hydrogen-bond donors (Lipinski definition) is 0. The Labute approximate surface area is 213 Å². The highest BCUT2D eigenvalue weighted by Gasteiger charge is 2.33. The Morgan fingerprint density at radius 2 is 1.81 bits per heavy atom. The number of Topliss-reactive ketones (excluding diaryl/α,β-unsaturated/α-hetero) is 1. The van der Waals surface area contributed by atoms with E-state index in [0.717, 1.165) is 21.9 Å². The molecule has 1 aliphatic heterocycles. The molecule has 1 atom stereocenters. The molecule has 4 aromatic rings. The van der Waals surface area contributed by atoms with Crippen molar-refractivity contribution in [3.8, 4) is 5.75 Å². The van der Waals surface area contributed by atoms with Crippen LogP contribution in [0.15, 0.2) is 81.7 Å². The Balaban J connectivity index is 1.80. The second-order valence-electron chi connectivity index (χ2n) is 9.36. The highest BCUT2D eigenvalue weighted by atomic mass is 32.1. The molecule has 5 nitrogen and oxygen atoms in total. The van der Waals surface area contributed by atoms with Crippen LogP contribution < -0.4 is 19.6 Å². The van der Waals surface area contributed by atoms with Crippen molar-refractivity contribution in [3.63, 3.8) is 0 Å². The molecule has 0 aliphatic carbocycles. The molecule has 1 aromatic heterocycles. The number of fused-ring (bicyclic) bond motifs is 2. The minimum absolute atomic E-state index is 0.116. The summed E-state index contributed by atoms with van der Waals surface area (Å²) < 4.78 is 8.01. The van der Waals surface area contributed by atoms with E-state index in [1.807, 2.05) is 61.5 Å². The van der Waals surface area contributed by atoms with Gasteiger partial charge in [-0.25, -0.2) is 4.99 Å². The summed E-state index contributed by atoms with van der Waals surface area (Å²) in [5, 5.41) is 1.95. The van der Waals surface area contributed by atoms with Crippen LogP contribution in [0.2, 0.25) is 0 Å². The fourth-order valence-corrected chi connectivity index (χ4v) is 5.95. The number of carbonyl (C=O) groups excluding carboxylic acids is 1. The maximum atomic E-state index is 13.9. The number of aromatic nitrogens is 1. The van der Waals surface area contributed by atoms with Crippen molar-refractivity contribution in [2.45, 2.75) is 39.7 Å².